The number of rotatable bonds is 14. The summed E-state index contributed by atoms with van der Waals surface area (Å²) >= 11 is 0. The van der Waals surface area contributed by atoms with Crippen LogP contribution in [-0.2, 0) is 37.9 Å². The number of aryl methyl sites for hydroxylation is 1. The number of nitrogens with one attached hydrogen (secondary N) is 3. The molecule has 0 atom stereocenters. The van der Waals surface area contributed by atoms with Gasteiger partial charge >= 0.3 is 0 Å². The first-order chi connectivity index (χ1) is 35.0. The van der Waals surface area contributed by atoms with Crippen LogP contribution in [0.3, 0.4) is 0 Å². The number of benzene rings is 4. The zero-order chi connectivity index (χ0) is 53.6. The van der Waals surface area contributed by atoms with E-state index < -0.39 is 87.5 Å². The van der Waals surface area contributed by atoms with E-state index in [0.717, 1.165) is 54.1 Å². The van der Waals surface area contributed by atoms with Gasteiger partial charge in [0, 0.05) is 92.1 Å². The molecule has 9 rings (SSSR count). The third-order valence-corrected chi connectivity index (χ3v) is 15.8. The summed E-state index contributed by atoms with van der Waals surface area (Å²) in [5.74, 6) is -4.71. The molecular formula is C50H42F3N7O12S2. The van der Waals surface area contributed by atoms with Crippen LogP contribution in [0, 0.1) is 44.6 Å². The van der Waals surface area contributed by atoms with Gasteiger partial charge in [0.2, 0.25) is 20.0 Å². The lowest BCUT2D eigenvalue weighted by Crippen LogP contribution is -2.37. The van der Waals surface area contributed by atoms with Gasteiger partial charge in [-0.3, -0.25) is 39.4 Å². The van der Waals surface area contributed by atoms with Gasteiger partial charge in [0.05, 0.1) is 33.4 Å². The van der Waals surface area contributed by atoms with Gasteiger partial charge in [-0.25, -0.2) is 39.5 Å². The summed E-state index contributed by atoms with van der Waals surface area (Å²) in [6.45, 7) is 3.83. The van der Waals surface area contributed by atoms with Crippen molar-refractivity contribution in [3.8, 4) is 11.1 Å². The molecule has 19 nitrogen and oxygen atoms in total. The molecule has 0 aliphatic heterocycles. The largest absolute Gasteiger partial charge is 0.331 e. The number of H-pyrrole nitrogens is 1. The van der Waals surface area contributed by atoms with Gasteiger partial charge in [-0.15, -0.1) is 0 Å². The number of hydrogen-bond acceptors (Lipinski definition) is 12. The van der Waals surface area contributed by atoms with Crippen molar-refractivity contribution in [3.05, 3.63) is 191 Å². The normalized spacial score (nSPS) is 13.7. The fraction of sp³-hybridized carbons (Fsp3) is 0.200. The van der Waals surface area contributed by atoms with E-state index in [9.17, 15) is 69.4 Å². The number of nitrogens with zero attached hydrogens (tertiary/aromatic N) is 4. The zero-order valence-electron chi connectivity index (χ0n) is 39.2. The lowest BCUT2D eigenvalue weighted by molar-refractivity contribution is -0.385. The number of aromatic nitrogens is 3. The minimum Gasteiger partial charge on any atom is -0.331 e. The summed E-state index contributed by atoms with van der Waals surface area (Å²) in [6.07, 6.45) is 6.82. The molecule has 0 radical (unpaired) electrons. The summed E-state index contributed by atoms with van der Waals surface area (Å²) in [6, 6.07) is 17.6. The Bertz CT molecular complexity index is 3890. The van der Waals surface area contributed by atoms with Gasteiger partial charge in [0.1, 0.15) is 28.8 Å². The lowest BCUT2D eigenvalue weighted by atomic mass is 9.93. The molecule has 2 aliphatic rings. The topological polar surface area (TPSA) is 273 Å². The SMILES string of the molecule is Cc1ccc2c(c1)c(-c1ccc[nH]c1=O)c(C(=O)NS(=O)(=O)C(C)C)n2Cc1cc([N+](=O)[O-])ccc1F.O=C1CC=CC=C1c1c(C(=O)NS(=O)(=O)C2CC2)n(Cc2cc([N+](=O)[O-])ccc2F)c2ccc(F)cc12. The maximum atomic E-state index is 14.8. The molecule has 2 amide bonds. The Kier molecular flexibility index (Phi) is 14.1. The van der Waals surface area contributed by atoms with Gasteiger partial charge in [-0.2, -0.15) is 0 Å². The van der Waals surface area contributed by atoms with Crippen LogP contribution in [-0.4, -0.2) is 68.9 Å². The number of sulfonamides is 2. The van der Waals surface area contributed by atoms with Crippen molar-refractivity contribution in [2.24, 2.45) is 0 Å². The molecule has 1 saturated carbocycles. The van der Waals surface area contributed by atoms with Crippen LogP contribution in [0.25, 0.3) is 38.5 Å². The zero-order valence-corrected chi connectivity index (χ0v) is 40.9. The number of allylic oxidation sites excluding steroid dienone is 4. The molecule has 0 bridgehead atoms. The number of fused-ring (bicyclic) bond motifs is 2. The number of pyridine rings is 1. The van der Waals surface area contributed by atoms with Crippen LogP contribution < -0.4 is 15.0 Å². The number of nitro groups is 2. The first kappa shape index (κ1) is 51.8. The summed E-state index contributed by atoms with van der Waals surface area (Å²) < 4.78 is 101. The Morgan fingerprint density at radius 1 is 0.757 bits per heavy atom. The van der Waals surface area contributed by atoms with E-state index in [-0.39, 0.29) is 80.1 Å². The predicted molar refractivity (Wildman–Crippen MR) is 267 cm³/mol. The lowest BCUT2D eigenvalue weighted by Gasteiger charge is -2.15. The number of nitro benzene ring substituents is 2. The summed E-state index contributed by atoms with van der Waals surface area (Å²) in [4.78, 5) is 76.5. The maximum Gasteiger partial charge on any atom is 0.282 e. The molecule has 3 aromatic heterocycles. The fourth-order valence-corrected chi connectivity index (χ4v) is 10.3. The highest BCUT2D eigenvalue weighted by Crippen LogP contribution is 2.38. The van der Waals surface area contributed by atoms with E-state index in [1.54, 1.807) is 43.3 Å². The maximum absolute atomic E-state index is 14.8. The molecule has 0 unspecified atom stereocenters. The van der Waals surface area contributed by atoms with Crippen LogP contribution in [0.1, 0.15) is 76.3 Å². The highest BCUT2D eigenvalue weighted by atomic mass is 32.2. The van der Waals surface area contributed by atoms with Gasteiger partial charge < -0.3 is 14.1 Å². The van der Waals surface area contributed by atoms with Gasteiger partial charge in [-0.05, 0) is 88.2 Å². The number of hydrogen-bond donors (Lipinski definition) is 3. The van der Waals surface area contributed by atoms with E-state index in [1.807, 2.05) is 9.44 Å². The highest BCUT2D eigenvalue weighted by Gasteiger charge is 2.39. The number of halogens is 3. The van der Waals surface area contributed by atoms with Crippen molar-refractivity contribution >= 4 is 76.4 Å². The van der Waals surface area contributed by atoms with Crippen molar-refractivity contribution in [2.45, 2.75) is 63.6 Å². The van der Waals surface area contributed by atoms with Crippen LogP contribution in [0.15, 0.2) is 114 Å². The summed E-state index contributed by atoms with van der Waals surface area (Å²) in [5, 5.41) is 21.5. The molecule has 4 aromatic carbocycles. The van der Waals surface area contributed by atoms with Crippen LogP contribution in [0.4, 0.5) is 24.5 Å². The van der Waals surface area contributed by atoms with Crippen LogP contribution in [0.5, 0.6) is 0 Å². The Morgan fingerprint density at radius 2 is 1.31 bits per heavy atom. The number of Topliss-reactive ketones (excluding diaryl/α,β-unsaturated/α-hetero) is 1. The van der Waals surface area contributed by atoms with Crippen molar-refractivity contribution in [1.29, 1.82) is 0 Å². The second-order valence-electron chi connectivity index (χ2n) is 17.6. The fourth-order valence-electron chi connectivity index (χ4n) is 8.39. The van der Waals surface area contributed by atoms with Gasteiger partial charge in [0.15, 0.2) is 5.78 Å². The van der Waals surface area contributed by atoms with E-state index in [1.165, 1.54) is 47.4 Å². The standard InChI is InChI=1S/C25H19F2N3O6S.C25H23FN4O6S/c26-15-5-10-21-19(12-15)23(18-3-1-2-4-22(18)31)24(25(32)28-37(35,36)17-7-8-17)29(21)13-14-11-16(30(33)34)6-9-20(14)27;1-14(2)37(35,36)28-25(32)23-22(18-5-4-10-27-24(18)31)19-11-15(3)6-9-21(19)29(23)13-16-12-17(30(33)34)7-8-20(16)26/h1-3,5-6,9-12,17H,4,7-8,13H2,(H,28,32);4-12,14H,13H2,1-3H3,(H,27,31)(H,28,32). The van der Waals surface area contributed by atoms with Crippen molar-refractivity contribution in [1.82, 2.24) is 23.6 Å². The van der Waals surface area contributed by atoms with E-state index in [0.29, 0.717) is 23.7 Å². The smallest absolute Gasteiger partial charge is 0.282 e. The van der Waals surface area contributed by atoms with Crippen LogP contribution >= 0.6 is 0 Å². The van der Waals surface area contributed by atoms with Gasteiger partial charge in [0.25, 0.3) is 28.7 Å². The molecule has 74 heavy (non-hydrogen) atoms. The molecule has 0 saturated heterocycles. The second kappa shape index (κ2) is 20.2. The quantitative estimate of drug-likeness (QED) is 0.0693. The van der Waals surface area contributed by atoms with Crippen molar-refractivity contribution in [2.75, 3.05) is 0 Å². The molecule has 2 aliphatic carbocycles. The third-order valence-electron chi connectivity index (χ3n) is 12.2. The third kappa shape index (κ3) is 10.4. The molecule has 3 N–H and O–H groups in total. The Labute approximate surface area is 418 Å². The van der Waals surface area contributed by atoms with E-state index >= 15 is 0 Å². The first-order valence-electron chi connectivity index (χ1n) is 22.5. The monoisotopic (exact) mass is 1050 g/mol. The average Bonchev–Trinajstić information content (AvgIpc) is 4.10. The Hall–Kier alpha value is -8.51. The number of ketones is 1. The van der Waals surface area contributed by atoms with E-state index in [2.05, 4.69) is 4.98 Å². The molecule has 3 heterocycles. The summed E-state index contributed by atoms with van der Waals surface area (Å²) in [5.41, 5.74) is -0.305. The Balaban J connectivity index is 0.000000197. The Morgan fingerprint density at radius 3 is 1.85 bits per heavy atom. The second-order valence-corrected chi connectivity index (χ2v) is 21.8. The first-order valence-corrected chi connectivity index (χ1v) is 25.6. The number of aromatic amines is 1. The number of non-ortho nitro benzene ring substituents is 2. The van der Waals surface area contributed by atoms with Gasteiger partial charge in [-0.1, -0.05) is 29.9 Å². The minimum atomic E-state index is -4.08. The summed E-state index contributed by atoms with van der Waals surface area (Å²) in [7, 11) is -8.10. The number of carbonyl (C=O) groups is 3. The van der Waals surface area contributed by atoms with E-state index in [4.69, 9.17) is 0 Å². The number of carbonyl (C=O) groups excluding carboxylic acids is 3. The molecule has 24 heteroatoms. The number of amides is 2. The molecule has 382 valence electrons. The molecule has 7 aromatic rings. The predicted octanol–water partition coefficient (Wildman–Crippen LogP) is 7.88. The van der Waals surface area contributed by atoms with Crippen LogP contribution in [0.2, 0.25) is 0 Å². The minimum absolute atomic E-state index is 0.00168. The molecular weight excluding hydrogens is 1010 g/mol. The molecule has 1 fully saturated rings. The highest BCUT2D eigenvalue weighted by molar-refractivity contribution is 7.91. The molecule has 0 spiro atoms. The van der Waals surface area contributed by atoms with Crippen molar-refractivity contribution in [3.63, 3.8) is 0 Å². The van der Waals surface area contributed by atoms with Crippen molar-refractivity contribution < 1.29 is 54.2 Å². The average molecular weight is 1050 g/mol.